The van der Waals surface area contributed by atoms with E-state index in [0.717, 1.165) is 12.2 Å². The van der Waals surface area contributed by atoms with Gasteiger partial charge in [0.15, 0.2) is 0 Å². The zero-order chi connectivity index (χ0) is 11.5. The van der Waals surface area contributed by atoms with Crippen LogP contribution >= 0.6 is 0 Å². The maximum Gasteiger partial charge on any atom is 0.132 e. The van der Waals surface area contributed by atoms with Gasteiger partial charge in [-0.15, -0.1) is 0 Å². The molecule has 0 amide bonds. The Kier molecular flexibility index (Phi) is 7.65. The first-order valence-electron chi connectivity index (χ1n) is 6.71. The summed E-state index contributed by atoms with van der Waals surface area (Å²) in [6.45, 7) is 2.26. The van der Waals surface area contributed by atoms with Crippen LogP contribution in [-0.2, 0) is 4.84 Å². The lowest BCUT2D eigenvalue weighted by Gasteiger charge is -2.11. The van der Waals surface area contributed by atoms with Crippen molar-refractivity contribution in [2.75, 3.05) is 0 Å². The van der Waals surface area contributed by atoms with Crippen LogP contribution < -0.4 is 5.48 Å². The van der Waals surface area contributed by atoms with Gasteiger partial charge in [0.05, 0.1) is 0 Å². The molecule has 0 aromatic heterocycles. The second-order valence-electron chi connectivity index (χ2n) is 4.44. The monoisotopic (exact) mass is 223 g/mol. The van der Waals surface area contributed by atoms with E-state index in [1.165, 1.54) is 51.4 Å². The number of allylic oxidation sites excluding steroid dienone is 3. The summed E-state index contributed by atoms with van der Waals surface area (Å²) in [6.07, 6.45) is 17.8. The first-order chi connectivity index (χ1) is 7.93. The van der Waals surface area contributed by atoms with Gasteiger partial charge in [-0.2, -0.15) is 0 Å². The van der Waals surface area contributed by atoms with Crippen LogP contribution in [-0.4, -0.2) is 0 Å². The maximum atomic E-state index is 5.26. The molecule has 92 valence electrons. The summed E-state index contributed by atoms with van der Waals surface area (Å²) in [5.41, 5.74) is 2.76. The lowest BCUT2D eigenvalue weighted by atomic mass is 10.1. The van der Waals surface area contributed by atoms with Crippen molar-refractivity contribution >= 4 is 0 Å². The highest BCUT2D eigenvalue weighted by Gasteiger charge is 2.00. The number of hydrogen-bond donors (Lipinski definition) is 1. The molecule has 0 bridgehead atoms. The van der Waals surface area contributed by atoms with E-state index in [-0.39, 0.29) is 0 Å². The van der Waals surface area contributed by atoms with E-state index in [9.17, 15) is 0 Å². The van der Waals surface area contributed by atoms with Crippen molar-refractivity contribution in [3.8, 4) is 0 Å². The van der Waals surface area contributed by atoms with Crippen LogP contribution in [0.3, 0.4) is 0 Å². The van der Waals surface area contributed by atoms with Crippen LogP contribution in [0.25, 0.3) is 0 Å². The smallest absolute Gasteiger partial charge is 0.132 e. The highest BCUT2D eigenvalue weighted by atomic mass is 16.6. The van der Waals surface area contributed by atoms with Crippen LogP contribution in [0.2, 0.25) is 0 Å². The predicted octanol–water partition coefficient (Wildman–Crippen LogP) is 4.45. The maximum absolute atomic E-state index is 5.26. The van der Waals surface area contributed by atoms with Gasteiger partial charge in [-0.25, -0.2) is 5.48 Å². The van der Waals surface area contributed by atoms with E-state index in [1.807, 2.05) is 12.2 Å². The molecule has 0 aromatic carbocycles. The van der Waals surface area contributed by atoms with Gasteiger partial charge in [-0.1, -0.05) is 51.9 Å². The van der Waals surface area contributed by atoms with E-state index in [0.29, 0.717) is 0 Å². The minimum atomic E-state index is 1.06. The molecular formula is C14H25NO. The first kappa shape index (κ1) is 13.1. The van der Waals surface area contributed by atoms with Gasteiger partial charge >= 0.3 is 0 Å². The number of nitrogens with one attached hydrogen (secondary N) is 1. The standard InChI is InChI=1S/C14H25NO/c1-2-3-4-5-6-7-8-9-11-14-12-10-13-15-16-14/h10,12-13,15H,2-9,11H2,1H3. The molecule has 0 saturated carbocycles. The third-order valence-electron chi connectivity index (χ3n) is 2.91. The molecule has 0 aliphatic carbocycles. The van der Waals surface area contributed by atoms with E-state index in [1.54, 1.807) is 6.20 Å². The van der Waals surface area contributed by atoms with Crippen molar-refractivity contribution in [1.29, 1.82) is 0 Å². The molecular weight excluding hydrogens is 198 g/mol. The fourth-order valence-corrected chi connectivity index (χ4v) is 1.91. The lowest BCUT2D eigenvalue weighted by molar-refractivity contribution is 0.129. The van der Waals surface area contributed by atoms with Gasteiger partial charge in [0.25, 0.3) is 0 Å². The normalized spacial score (nSPS) is 14.2. The number of rotatable bonds is 9. The molecule has 16 heavy (non-hydrogen) atoms. The molecule has 0 saturated heterocycles. The van der Waals surface area contributed by atoms with E-state index in [4.69, 9.17) is 4.84 Å². The molecule has 0 spiro atoms. The van der Waals surface area contributed by atoms with Crippen LogP contribution in [0.5, 0.6) is 0 Å². The molecule has 2 heteroatoms. The minimum Gasteiger partial charge on any atom is -0.387 e. The van der Waals surface area contributed by atoms with Gasteiger partial charge in [-0.3, -0.25) is 0 Å². The summed E-state index contributed by atoms with van der Waals surface area (Å²) in [7, 11) is 0. The third-order valence-corrected chi connectivity index (χ3v) is 2.91. The molecule has 2 nitrogen and oxygen atoms in total. The summed E-state index contributed by atoms with van der Waals surface area (Å²) >= 11 is 0. The summed E-state index contributed by atoms with van der Waals surface area (Å²) < 4.78 is 0. The minimum absolute atomic E-state index is 1.06. The van der Waals surface area contributed by atoms with Crippen molar-refractivity contribution in [3.05, 3.63) is 24.1 Å². The summed E-state index contributed by atoms with van der Waals surface area (Å²) in [5, 5.41) is 0. The summed E-state index contributed by atoms with van der Waals surface area (Å²) in [6, 6.07) is 0. The lowest BCUT2D eigenvalue weighted by Crippen LogP contribution is -2.09. The Morgan fingerprint density at radius 3 is 2.31 bits per heavy atom. The Hall–Kier alpha value is -0.920. The average Bonchev–Trinajstić information content (AvgIpc) is 2.34. The third kappa shape index (κ3) is 6.54. The fourth-order valence-electron chi connectivity index (χ4n) is 1.91. The van der Waals surface area contributed by atoms with Crippen molar-refractivity contribution in [2.45, 2.75) is 64.7 Å². The quantitative estimate of drug-likeness (QED) is 0.583. The van der Waals surface area contributed by atoms with Gasteiger partial charge in [0.2, 0.25) is 0 Å². The summed E-state index contributed by atoms with van der Waals surface area (Å²) in [5.74, 6) is 1.06. The van der Waals surface area contributed by atoms with Gasteiger partial charge in [-0.05, 0) is 18.6 Å². The highest BCUT2D eigenvalue weighted by molar-refractivity contribution is 5.09. The topological polar surface area (TPSA) is 21.3 Å². The zero-order valence-electron chi connectivity index (χ0n) is 10.5. The Morgan fingerprint density at radius 1 is 1.00 bits per heavy atom. The van der Waals surface area contributed by atoms with Crippen molar-refractivity contribution in [1.82, 2.24) is 5.48 Å². The second-order valence-corrected chi connectivity index (χ2v) is 4.44. The Morgan fingerprint density at radius 2 is 1.69 bits per heavy atom. The van der Waals surface area contributed by atoms with Gasteiger partial charge in [0, 0.05) is 12.6 Å². The Balaban J connectivity index is 1.84. The van der Waals surface area contributed by atoms with Crippen LogP contribution in [0.4, 0.5) is 0 Å². The first-order valence-corrected chi connectivity index (χ1v) is 6.71. The molecule has 0 radical (unpaired) electrons. The van der Waals surface area contributed by atoms with Crippen molar-refractivity contribution in [2.24, 2.45) is 0 Å². The molecule has 0 aromatic rings. The largest absolute Gasteiger partial charge is 0.387 e. The zero-order valence-corrected chi connectivity index (χ0v) is 10.5. The van der Waals surface area contributed by atoms with Gasteiger partial charge < -0.3 is 4.84 Å². The second kappa shape index (κ2) is 9.32. The molecule has 0 fully saturated rings. The van der Waals surface area contributed by atoms with Crippen LogP contribution in [0, 0.1) is 0 Å². The molecule has 0 unspecified atom stereocenters. The van der Waals surface area contributed by atoms with Gasteiger partial charge in [0.1, 0.15) is 5.76 Å². The summed E-state index contributed by atoms with van der Waals surface area (Å²) in [4.78, 5) is 5.26. The van der Waals surface area contributed by atoms with E-state index >= 15 is 0 Å². The Labute approximate surface area is 99.7 Å². The van der Waals surface area contributed by atoms with E-state index < -0.39 is 0 Å². The number of hydroxylamine groups is 1. The van der Waals surface area contributed by atoms with Crippen molar-refractivity contribution < 1.29 is 4.84 Å². The van der Waals surface area contributed by atoms with Crippen LogP contribution in [0.1, 0.15) is 64.7 Å². The van der Waals surface area contributed by atoms with E-state index in [2.05, 4.69) is 12.4 Å². The van der Waals surface area contributed by atoms with Crippen molar-refractivity contribution in [3.63, 3.8) is 0 Å². The molecule has 1 heterocycles. The number of unbranched alkanes of at least 4 members (excludes halogenated alkanes) is 7. The van der Waals surface area contributed by atoms with Crippen LogP contribution in [0.15, 0.2) is 24.1 Å². The molecule has 1 N–H and O–H groups in total. The molecule has 0 atom stereocenters. The average molecular weight is 223 g/mol. The fraction of sp³-hybridized carbons (Fsp3) is 0.714. The Bertz CT molecular complexity index is 221. The highest BCUT2D eigenvalue weighted by Crippen LogP contribution is 2.14. The predicted molar refractivity (Wildman–Crippen MR) is 68.7 cm³/mol. The number of hydrogen-bond acceptors (Lipinski definition) is 2. The molecule has 1 aliphatic heterocycles. The molecule has 1 aliphatic rings. The molecule has 1 rings (SSSR count). The SMILES string of the molecule is CCCCCCCCCCC1=CC=CNO1.